The summed E-state index contributed by atoms with van der Waals surface area (Å²) in [4.78, 5) is 10.5. The summed E-state index contributed by atoms with van der Waals surface area (Å²) >= 11 is 0. The van der Waals surface area contributed by atoms with Gasteiger partial charge in [0.1, 0.15) is 5.75 Å². The molecule has 0 amide bonds. The number of non-ortho nitro benzene ring substituents is 1. The Hall–Kier alpha value is -1.82. The number of aliphatic hydroxyl groups excluding tert-OH is 1. The Kier molecular flexibility index (Phi) is 5.76. The molecule has 1 aromatic carbocycles. The fourth-order valence-electron chi connectivity index (χ4n) is 1.77. The zero-order chi connectivity index (χ0) is 15.2. The molecule has 0 saturated carbocycles. The minimum Gasteiger partial charge on any atom is -0.494 e. The third-order valence-electron chi connectivity index (χ3n) is 2.97. The molecule has 6 nitrogen and oxygen atoms in total. The molecule has 20 heavy (non-hydrogen) atoms. The van der Waals surface area contributed by atoms with E-state index in [9.17, 15) is 10.1 Å². The summed E-state index contributed by atoms with van der Waals surface area (Å²) in [6.07, 6.45) is 0.660. The predicted octanol–water partition coefficient (Wildman–Crippen LogP) is 2.81. The highest BCUT2D eigenvalue weighted by Gasteiger charge is 2.18. The molecule has 2 N–H and O–H groups in total. The molecular formula is C14H22N2O4. The maximum absolute atomic E-state index is 10.9. The van der Waals surface area contributed by atoms with Crippen molar-refractivity contribution in [2.24, 2.45) is 5.41 Å². The molecule has 1 aromatic rings. The fraction of sp³-hybridized carbons (Fsp3) is 0.571. The molecule has 6 heteroatoms. The summed E-state index contributed by atoms with van der Waals surface area (Å²) in [7, 11) is 0. The Labute approximate surface area is 118 Å². The Morgan fingerprint density at radius 2 is 2.10 bits per heavy atom. The lowest BCUT2D eigenvalue weighted by Crippen LogP contribution is -2.24. The van der Waals surface area contributed by atoms with Crippen LogP contribution < -0.4 is 10.1 Å². The monoisotopic (exact) mass is 282 g/mol. The summed E-state index contributed by atoms with van der Waals surface area (Å²) in [5.41, 5.74) is 0.553. The second kappa shape index (κ2) is 7.09. The van der Waals surface area contributed by atoms with E-state index in [1.54, 1.807) is 6.07 Å². The van der Waals surface area contributed by atoms with Crippen LogP contribution in [0.5, 0.6) is 5.75 Å². The first-order valence-electron chi connectivity index (χ1n) is 6.65. The molecule has 0 aliphatic heterocycles. The Bertz CT molecular complexity index is 460. The average Bonchev–Trinajstić information content (AvgIpc) is 2.36. The van der Waals surface area contributed by atoms with Gasteiger partial charge in [-0.2, -0.15) is 0 Å². The Balaban J connectivity index is 2.85. The van der Waals surface area contributed by atoms with Crippen molar-refractivity contribution >= 4 is 11.4 Å². The molecule has 0 bridgehead atoms. The third-order valence-corrected chi connectivity index (χ3v) is 2.97. The van der Waals surface area contributed by atoms with Crippen LogP contribution in [0, 0.1) is 15.5 Å². The second-order valence-electron chi connectivity index (χ2n) is 5.40. The third kappa shape index (κ3) is 5.05. The van der Waals surface area contributed by atoms with Crippen molar-refractivity contribution in [2.75, 3.05) is 25.1 Å². The maximum Gasteiger partial charge on any atom is 0.275 e. The lowest BCUT2D eigenvalue weighted by Gasteiger charge is -2.24. The number of benzene rings is 1. The first kappa shape index (κ1) is 16.2. The van der Waals surface area contributed by atoms with Crippen LogP contribution in [-0.2, 0) is 0 Å². The molecule has 0 spiro atoms. The largest absolute Gasteiger partial charge is 0.494 e. The van der Waals surface area contributed by atoms with Crippen LogP contribution in [0.25, 0.3) is 0 Å². The van der Waals surface area contributed by atoms with E-state index in [-0.39, 0.29) is 17.7 Å². The van der Waals surface area contributed by atoms with Crippen molar-refractivity contribution in [1.29, 1.82) is 0 Å². The molecule has 0 heterocycles. The van der Waals surface area contributed by atoms with Crippen LogP contribution in [0.15, 0.2) is 18.2 Å². The number of nitro benzene ring substituents is 1. The number of nitrogens with one attached hydrogen (secondary N) is 1. The summed E-state index contributed by atoms with van der Waals surface area (Å²) in [6.45, 7) is 7.06. The first-order valence-corrected chi connectivity index (χ1v) is 6.65. The number of anilines is 1. The van der Waals surface area contributed by atoms with Gasteiger partial charge in [-0.1, -0.05) is 13.8 Å². The maximum atomic E-state index is 10.9. The van der Waals surface area contributed by atoms with E-state index in [4.69, 9.17) is 9.84 Å². The number of aliphatic hydroxyl groups is 1. The highest BCUT2D eigenvalue weighted by Crippen LogP contribution is 2.28. The molecule has 112 valence electrons. The highest BCUT2D eigenvalue weighted by molar-refractivity contribution is 5.56. The standard InChI is InChI=1S/C14H22N2O4/c1-4-20-13-8-11(7-12(9-13)16(18)19)15-10-14(2,3)5-6-17/h7-9,15,17H,4-6,10H2,1-3H3. The minimum absolute atomic E-state index is 0.00147. The van der Waals surface area contributed by atoms with Crippen LogP contribution in [0.2, 0.25) is 0 Å². The zero-order valence-corrected chi connectivity index (χ0v) is 12.2. The zero-order valence-electron chi connectivity index (χ0n) is 12.2. The van der Waals surface area contributed by atoms with E-state index in [0.717, 1.165) is 0 Å². The van der Waals surface area contributed by atoms with Crippen molar-refractivity contribution in [2.45, 2.75) is 27.2 Å². The normalized spacial score (nSPS) is 11.2. The molecule has 1 rings (SSSR count). The minimum atomic E-state index is -0.438. The number of ether oxygens (including phenoxy) is 1. The molecule has 0 unspecified atom stereocenters. The van der Waals surface area contributed by atoms with Gasteiger partial charge < -0.3 is 15.2 Å². The van der Waals surface area contributed by atoms with Crippen molar-refractivity contribution in [3.63, 3.8) is 0 Å². The lowest BCUT2D eigenvalue weighted by atomic mass is 9.89. The van der Waals surface area contributed by atoms with E-state index < -0.39 is 4.92 Å². The van der Waals surface area contributed by atoms with E-state index in [1.807, 2.05) is 20.8 Å². The number of rotatable bonds is 8. The van der Waals surface area contributed by atoms with Crippen molar-refractivity contribution in [3.8, 4) is 5.75 Å². The Morgan fingerprint density at radius 1 is 1.40 bits per heavy atom. The second-order valence-corrected chi connectivity index (χ2v) is 5.40. The SMILES string of the molecule is CCOc1cc(NCC(C)(C)CCO)cc([N+](=O)[O-])c1. The first-order chi connectivity index (χ1) is 9.38. The van der Waals surface area contributed by atoms with Crippen LogP contribution >= 0.6 is 0 Å². The fourth-order valence-corrected chi connectivity index (χ4v) is 1.77. The quantitative estimate of drug-likeness (QED) is 0.565. The van der Waals surface area contributed by atoms with E-state index in [1.165, 1.54) is 12.1 Å². The number of nitro groups is 1. The van der Waals surface area contributed by atoms with Crippen LogP contribution in [0.1, 0.15) is 27.2 Å². The highest BCUT2D eigenvalue weighted by atomic mass is 16.6. The summed E-state index contributed by atoms with van der Waals surface area (Å²) in [6, 6.07) is 4.64. The predicted molar refractivity (Wildman–Crippen MR) is 78.2 cm³/mol. The van der Waals surface area contributed by atoms with Crippen LogP contribution in [0.4, 0.5) is 11.4 Å². The summed E-state index contributed by atoms with van der Waals surface area (Å²) < 4.78 is 5.33. The van der Waals surface area contributed by atoms with Gasteiger partial charge in [-0.15, -0.1) is 0 Å². The van der Waals surface area contributed by atoms with Gasteiger partial charge in [-0.3, -0.25) is 10.1 Å². The van der Waals surface area contributed by atoms with E-state index >= 15 is 0 Å². The Morgan fingerprint density at radius 3 is 2.65 bits per heavy atom. The van der Waals surface area contributed by atoms with Gasteiger partial charge in [-0.05, 0) is 18.8 Å². The molecule has 0 aromatic heterocycles. The lowest BCUT2D eigenvalue weighted by molar-refractivity contribution is -0.384. The van der Waals surface area contributed by atoms with Crippen molar-refractivity contribution in [3.05, 3.63) is 28.3 Å². The molecule has 0 saturated heterocycles. The number of hydrogen-bond donors (Lipinski definition) is 2. The van der Waals surface area contributed by atoms with Crippen LogP contribution in [0.3, 0.4) is 0 Å². The summed E-state index contributed by atoms with van der Waals surface area (Å²) in [5.74, 6) is 0.476. The van der Waals surface area contributed by atoms with Gasteiger partial charge >= 0.3 is 0 Å². The molecule has 0 aliphatic carbocycles. The van der Waals surface area contributed by atoms with Crippen molar-refractivity contribution in [1.82, 2.24) is 0 Å². The van der Waals surface area contributed by atoms with Gasteiger partial charge in [0, 0.05) is 31.0 Å². The molecule has 0 aliphatic rings. The molecular weight excluding hydrogens is 260 g/mol. The van der Waals surface area contributed by atoms with E-state index in [2.05, 4.69) is 5.32 Å². The van der Waals surface area contributed by atoms with Gasteiger partial charge in [-0.25, -0.2) is 0 Å². The van der Waals surface area contributed by atoms with E-state index in [0.29, 0.717) is 31.0 Å². The number of nitrogens with zero attached hydrogens (tertiary/aromatic N) is 1. The topological polar surface area (TPSA) is 84.6 Å². The van der Waals surface area contributed by atoms with Gasteiger partial charge in [0.25, 0.3) is 5.69 Å². The van der Waals surface area contributed by atoms with Crippen LogP contribution in [-0.4, -0.2) is 29.8 Å². The van der Waals surface area contributed by atoms with Crippen molar-refractivity contribution < 1.29 is 14.8 Å². The molecule has 0 atom stereocenters. The number of hydrogen-bond acceptors (Lipinski definition) is 5. The average molecular weight is 282 g/mol. The molecule has 0 fully saturated rings. The van der Waals surface area contributed by atoms with Gasteiger partial charge in [0.05, 0.1) is 17.6 Å². The summed E-state index contributed by atoms with van der Waals surface area (Å²) in [5, 5.41) is 23.1. The van der Waals surface area contributed by atoms with Gasteiger partial charge in [0.15, 0.2) is 0 Å². The smallest absolute Gasteiger partial charge is 0.275 e. The van der Waals surface area contributed by atoms with Gasteiger partial charge in [0.2, 0.25) is 0 Å². The molecule has 0 radical (unpaired) electrons.